The fourth-order valence-corrected chi connectivity index (χ4v) is 12.0. The molecule has 2 aromatic heterocycles. The molecule has 0 unspecified atom stereocenters. The van der Waals surface area contributed by atoms with Crippen LogP contribution in [0.15, 0.2) is 192 Å². The number of nitrogens with zero attached hydrogens (tertiary/aromatic N) is 2. The fraction of sp³-hybridized carbons (Fsp3) is 0.0820. The number of benzene rings is 10. The predicted octanol–water partition coefficient (Wildman–Crippen LogP) is 15.4. The van der Waals surface area contributed by atoms with Crippen LogP contribution < -0.4 is 15.8 Å². The largest absolute Gasteiger partial charge is 0.456 e. The zero-order valence-electron chi connectivity index (χ0n) is 36.8. The van der Waals surface area contributed by atoms with E-state index in [0.29, 0.717) is 0 Å². The Morgan fingerprint density at radius 1 is 0.477 bits per heavy atom. The van der Waals surface area contributed by atoms with E-state index in [1.807, 2.05) is 0 Å². The molecule has 0 amide bonds. The molecule has 0 fully saturated rings. The van der Waals surface area contributed by atoms with Crippen LogP contribution in [0.1, 0.15) is 31.9 Å². The second-order valence-corrected chi connectivity index (χ2v) is 19.2. The topological polar surface area (TPSA) is 21.3 Å². The summed E-state index contributed by atoms with van der Waals surface area (Å²) in [4.78, 5) is 2.59. The SMILES string of the molecule is Cc1c2ccccc2c(C(C)(C)C)c2cc3c(cc12)B1c2c(cc4oc5ccccc5c4c2-c2cccc4c5ccccc5n1c24)N3c1cc(-c2ccccc2)cc(-c2ccccc2)c1. The van der Waals surface area contributed by atoms with Gasteiger partial charge in [-0.05, 0) is 120 Å². The molecule has 0 atom stereocenters. The van der Waals surface area contributed by atoms with Gasteiger partial charge in [0.05, 0.1) is 0 Å². The molecule has 2 aliphatic heterocycles. The van der Waals surface area contributed by atoms with E-state index >= 15 is 0 Å². The molecule has 4 heterocycles. The van der Waals surface area contributed by atoms with Crippen LogP contribution in [0.4, 0.5) is 17.1 Å². The number of hydrogen-bond acceptors (Lipinski definition) is 2. The molecule has 0 radical (unpaired) electrons. The molecule has 0 N–H and O–H groups in total. The summed E-state index contributed by atoms with van der Waals surface area (Å²) in [6, 6.07) is 69.9. The van der Waals surface area contributed by atoms with Crippen LogP contribution in [-0.2, 0) is 5.41 Å². The van der Waals surface area contributed by atoms with Gasteiger partial charge in [0.15, 0.2) is 0 Å². The van der Waals surface area contributed by atoms with Gasteiger partial charge in [0.2, 0.25) is 0 Å². The molecule has 2 aliphatic rings. The van der Waals surface area contributed by atoms with Gasteiger partial charge in [-0.25, -0.2) is 0 Å². The van der Waals surface area contributed by atoms with Crippen LogP contribution in [0.3, 0.4) is 0 Å². The van der Waals surface area contributed by atoms with Gasteiger partial charge in [0, 0.05) is 61.3 Å². The quantitative estimate of drug-likeness (QED) is 0.131. The van der Waals surface area contributed by atoms with Gasteiger partial charge in [-0.2, -0.15) is 0 Å². The zero-order valence-corrected chi connectivity index (χ0v) is 36.8. The number of aromatic nitrogens is 1. The van der Waals surface area contributed by atoms with E-state index in [1.165, 1.54) is 110 Å². The molecule has 10 aromatic carbocycles. The van der Waals surface area contributed by atoms with Gasteiger partial charge in [-0.3, -0.25) is 0 Å². The lowest BCUT2D eigenvalue weighted by molar-refractivity contribution is 0.601. The maximum Gasteiger partial charge on any atom is 0.333 e. The molecule has 0 aliphatic carbocycles. The lowest BCUT2D eigenvalue weighted by Crippen LogP contribution is -2.56. The molecule has 65 heavy (non-hydrogen) atoms. The van der Waals surface area contributed by atoms with Gasteiger partial charge in [0.1, 0.15) is 11.2 Å². The van der Waals surface area contributed by atoms with E-state index in [9.17, 15) is 0 Å². The second kappa shape index (κ2) is 13.1. The number of anilines is 3. The third-order valence-electron chi connectivity index (χ3n) is 14.6. The summed E-state index contributed by atoms with van der Waals surface area (Å²) >= 11 is 0. The number of hydrogen-bond donors (Lipinski definition) is 0. The molecule has 0 saturated carbocycles. The van der Waals surface area contributed by atoms with Crippen molar-refractivity contribution in [2.75, 3.05) is 4.90 Å². The molecule has 14 rings (SSSR count). The number of rotatable bonds is 3. The normalized spacial score (nSPS) is 13.2. The minimum atomic E-state index is -0.134. The van der Waals surface area contributed by atoms with Crippen LogP contribution in [0.25, 0.3) is 98.7 Å². The summed E-state index contributed by atoms with van der Waals surface area (Å²) in [5, 5.41) is 10.1. The maximum absolute atomic E-state index is 6.99. The van der Waals surface area contributed by atoms with Gasteiger partial charge in [-0.15, -0.1) is 0 Å². The first-order chi connectivity index (χ1) is 31.8. The molecule has 4 heteroatoms. The summed E-state index contributed by atoms with van der Waals surface area (Å²) < 4.78 is 9.67. The highest BCUT2D eigenvalue weighted by Crippen LogP contribution is 2.51. The summed E-state index contributed by atoms with van der Waals surface area (Å²) in [6.45, 7) is 9.32. The third-order valence-corrected chi connectivity index (χ3v) is 14.6. The lowest BCUT2D eigenvalue weighted by Gasteiger charge is -2.41. The van der Waals surface area contributed by atoms with Crippen molar-refractivity contribution in [2.45, 2.75) is 33.1 Å². The van der Waals surface area contributed by atoms with Crippen molar-refractivity contribution in [1.82, 2.24) is 4.48 Å². The summed E-state index contributed by atoms with van der Waals surface area (Å²) in [6.07, 6.45) is 0. The number of para-hydroxylation sites is 3. The summed E-state index contributed by atoms with van der Waals surface area (Å²) in [5.74, 6) is 0. The van der Waals surface area contributed by atoms with Crippen molar-refractivity contribution in [3.63, 3.8) is 0 Å². The third kappa shape index (κ3) is 5.02. The van der Waals surface area contributed by atoms with Crippen molar-refractivity contribution in [2.24, 2.45) is 0 Å². The minimum absolute atomic E-state index is 0.124. The van der Waals surface area contributed by atoms with Crippen molar-refractivity contribution < 1.29 is 4.42 Å². The Hall–Kier alpha value is -7.82. The molecule has 0 spiro atoms. The first-order valence-electron chi connectivity index (χ1n) is 22.9. The molecular weight excluding hydrogens is 787 g/mol. The Labute approximate surface area is 377 Å². The van der Waals surface area contributed by atoms with Crippen molar-refractivity contribution in [3.8, 4) is 33.4 Å². The standard InChI is InChI=1S/C61H43BN2O/c1-36-42-22-11-12-24-44(42)58(61(2,3)4)49-34-52-50(33-48(36)49)62-59-53(63(52)41-31-39(37-18-7-5-8-19-37)30-40(32-41)38-20-9-6-10-21-38)35-55-56(46-25-14-16-29-54(46)65-55)57(59)47-27-17-26-45-43-23-13-15-28-51(43)64(62)60(45)47/h5-35H,1-4H3. The van der Waals surface area contributed by atoms with Crippen LogP contribution in [-0.4, -0.2) is 11.3 Å². The van der Waals surface area contributed by atoms with Crippen LogP contribution >= 0.6 is 0 Å². The highest BCUT2D eigenvalue weighted by Gasteiger charge is 2.45. The number of furan rings is 1. The van der Waals surface area contributed by atoms with E-state index in [4.69, 9.17) is 4.42 Å². The summed E-state index contributed by atoms with van der Waals surface area (Å²) in [5.41, 5.74) is 20.1. The minimum Gasteiger partial charge on any atom is -0.456 e. The van der Waals surface area contributed by atoms with Crippen LogP contribution in [0.5, 0.6) is 0 Å². The smallest absolute Gasteiger partial charge is 0.333 e. The van der Waals surface area contributed by atoms with Gasteiger partial charge >= 0.3 is 6.85 Å². The number of aryl methyl sites for hydroxylation is 1. The Morgan fingerprint density at radius 3 is 1.83 bits per heavy atom. The Morgan fingerprint density at radius 2 is 1.11 bits per heavy atom. The average Bonchev–Trinajstić information content (AvgIpc) is 3.88. The highest BCUT2D eigenvalue weighted by molar-refractivity contribution is 6.90. The van der Waals surface area contributed by atoms with E-state index in [-0.39, 0.29) is 12.3 Å². The molecule has 3 nitrogen and oxygen atoms in total. The van der Waals surface area contributed by atoms with E-state index in [1.54, 1.807) is 0 Å². The molecule has 12 aromatic rings. The Kier molecular flexibility index (Phi) is 7.40. The Bertz CT molecular complexity index is 3940. The maximum atomic E-state index is 6.99. The number of fused-ring (bicyclic) bond motifs is 13. The van der Waals surface area contributed by atoms with Crippen molar-refractivity contribution in [3.05, 3.63) is 199 Å². The van der Waals surface area contributed by atoms with Crippen LogP contribution in [0.2, 0.25) is 0 Å². The first-order valence-corrected chi connectivity index (χ1v) is 22.9. The first kappa shape index (κ1) is 36.6. The second-order valence-electron chi connectivity index (χ2n) is 19.2. The highest BCUT2D eigenvalue weighted by atomic mass is 16.3. The average molecular weight is 831 g/mol. The molecular formula is C61H43BN2O. The Balaban J connectivity index is 1.21. The molecule has 0 saturated heterocycles. The van der Waals surface area contributed by atoms with Crippen LogP contribution in [0, 0.1) is 6.92 Å². The molecule has 306 valence electrons. The van der Waals surface area contributed by atoms with Gasteiger partial charge in [0.25, 0.3) is 0 Å². The van der Waals surface area contributed by atoms with E-state index in [2.05, 4.69) is 225 Å². The van der Waals surface area contributed by atoms with Crippen molar-refractivity contribution in [1.29, 1.82) is 0 Å². The van der Waals surface area contributed by atoms with E-state index in [0.717, 1.165) is 27.9 Å². The van der Waals surface area contributed by atoms with Crippen molar-refractivity contribution >= 4 is 100 Å². The summed E-state index contributed by atoms with van der Waals surface area (Å²) in [7, 11) is 0. The zero-order chi connectivity index (χ0) is 43.3. The van der Waals surface area contributed by atoms with Gasteiger partial charge in [-0.1, -0.05) is 166 Å². The fourth-order valence-electron chi connectivity index (χ4n) is 12.0. The predicted molar refractivity (Wildman–Crippen MR) is 277 cm³/mol. The lowest BCUT2D eigenvalue weighted by atomic mass is 9.44. The molecule has 0 bridgehead atoms. The van der Waals surface area contributed by atoms with E-state index < -0.39 is 0 Å². The monoisotopic (exact) mass is 830 g/mol. The van der Waals surface area contributed by atoms with Gasteiger partial charge < -0.3 is 13.8 Å².